The molecule has 2 aromatic carbocycles. The molecule has 2 rings (SSSR count). The first-order valence-electron chi connectivity index (χ1n) is 6.80. The van der Waals surface area contributed by atoms with E-state index in [-0.39, 0.29) is 0 Å². The van der Waals surface area contributed by atoms with E-state index in [0.717, 1.165) is 29.9 Å². The first-order valence-corrected chi connectivity index (χ1v) is 6.80. The average Bonchev–Trinajstić information content (AvgIpc) is 2.43. The van der Waals surface area contributed by atoms with Crippen molar-refractivity contribution in [2.24, 2.45) is 5.73 Å². The molecule has 19 heavy (non-hydrogen) atoms. The van der Waals surface area contributed by atoms with Crippen molar-refractivity contribution in [3.63, 3.8) is 0 Å². The van der Waals surface area contributed by atoms with Crippen molar-refractivity contribution in [2.75, 3.05) is 6.54 Å². The Morgan fingerprint density at radius 3 is 2.53 bits per heavy atom. The number of rotatable bonds is 5. The Morgan fingerprint density at radius 1 is 1.05 bits per heavy atom. The Hall–Kier alpha value is -1.80. The SMILES string of the molecule is CCc1ccccc1Oc1ccc(CCN)cc1C. The van der Waals surface area contributed by atoms with E-state index < -0.39 is 0 Å². The van der Waals surface area contributed by atoms with Crippen LogP contribution in [0.3, 0.4) is 0 Å². The number of hydrogen-bond acceptors (Lipinski definition) is 2. The van der Waals surface area contributed by atoms with Crippen LogP contribution in [0.2, 0.25) is 0 Å². The predicted molar refractivity (Wildman–Crippen MR) is 79.8 cm³/mol. The van der Waals surface area contributed by atoms with Crippen molar-refractivity contribution >= 4 is 0 Å². The Bertz CT molecular complexity index is 549. The molecule has 2 N–H and O–H groups in total. The third-order valence-corrected chi connectivity index (χ3v) is 3.25. The van der Waals surface area contributed by atoms with Crippen molar-refractivity contribution in [3.05, 3.63) is 59.2 Å². The minimum atomic E-state index is 0.679. The smallest absolute Gasteiger partial charge is 0.130 e. The molecule has 0 unspecified atom stereocenters. The van der Waals surface area contributed by atoms with Crippen LogP contribution in [0.15, 0.2) is 42.5 Å². The molecule has 2 aromatic rings. The van der Waals surface area contributed by atoms with Gasteiger partial charge >= 0.3 is 0 Å². The Morgan fingerprint density at radius 2 is 1.84 bits per heavy atom. The highest BCUT2D eigenvalue weighted by Crippen LogP contribution is 2.28. The molecule has 0 saturated carbocycles. The van der Waals surface area contributed by atoms with Gasteiger partial charge in [0.2, 0.25) is 0 Å². The van der Waals surface area contributed by atoms with Crippen molar-refractivity contribution in [3.8, 4) is 11.5 Å². The molecule has 0 aromatic heterocycles. The van der Waals surface area contributed by atoms with E-state index in [1.54, 1.807) is 0 Å². The van der Waals surface area contributed by atoms with E-state index in [4.69, 9.17) is 10.5 Å². The van der Waals surface area contributed by atoms with Crippen molar-refractivity contribution in [1.29, 1.82) is 0 Å². The Balaban J connectivity index is 2.23. The van der Waals surface area contributed by atoms with Gasteiger partial charge in [-0.1, -0.05) is 37.3 Å². The van der Waals surface area contributed by atoms with E-state index in [1.165, 1.54) is 11.1 Å². The lowest BCUT2D eigenvalue weighted by molar-refractivity contribution is 0.473. The summed E-state index contributed by atoms with van der Waals surface area (Å²) in [5, 5.41) is 0. The van der Waals surface area contributed by atoms with Crippen LogP contribution in [0.5, 0.6) is 11.5 Å². The van der Waals surface area contributed by atoms with Gasteiger partial charge in [-0.25, -0.2) is 0 Å². The zero-order valence-electron chi connectivity index (χ0n) is 11.6. The highest BCUT2D eigenvalue weighted by molar-refractivity contribution is 5.42. The lowest BCUT2D eigenvalue weighted by Gasteiger charge is -2.13. The molecule has 0 aliphatic heterocycles. The number of nitrogens with two attached hydrogens (primary N) is 1. The first kappa shape index (κ1) is 13.6. The lowest BCUT2D eigenvalue weighted by atomic mass is 10.1. The Kier molecular flexibility index (Phi) is 4.58. The second-order valence-corrected chi connectivity index (χ2v) is 4.70. The summed E-state index contributed by atoms with van der Waals surface area (Å²) in [5.41, 5.74) is 9.22. The molecule has 0 radical (unpaired) electrons. The third-order valence-electron chi connectivity index (χ3n) is 3.25. The highest BCUT2D eigenvalue weighted by Gasteiger charge is 2.05. The van der Waals surface area contributed by atoms with Gasteiger partial charge < -0.3 is 10.5 Å². The van der Waals surface area contributed by atoms with Crippen LogP contribution in [0.4, 0.5) is 0 Å². The van der Waals surface area contributed by atoms with Gasteiger partial charge in [-0.05, 0) is 55.1 Å². The largest absolute Gasteiger partial charge is 0.457 e. The summed E-state index contributed by atoms with van der Waals surface area (Å²) in [6, 6.07) is 14.4. The van der Waals surface area contributed by atoms with E-state index in [1.807, 2.05) is 24.3 Å². The fraction of sp³-hybridized carbons (Fsp3) is 0.294. The van der Waals surface area contributed by atoms with Crippen molar-refractivity contribution < 1.29 is 4.74 Å². The van der Waals surface area contributed by atoms with Crippen molar-refractivity contribution in [2.45, 2.75) is 26.7 Å². The standard InChI is InChI=1S/C17H21NO/c1-3-15-6-4-5-7-17(15)19-16-9-8-14(10-11-18)12-13(16)2/h4-9,12H,3,10-11,18H2,1-2H3. The summed E-state index contributed by atoms with van der Waals surface area (Å²) in [7, 11) is 0. The molecule has 0 bridgehead atoms. The number of ether oxygens (including phenoxy) is 1. The van der Waals surface area contributed by atoms with E-state index in [2.05, 4.69) is 32.0 Å². The van der Waals surface area contributed by atoms with Crippen LogP contribution in [0.25, 0.3) is 0 Å². The van der Waals surface area contributed by atoms with E-state index in [9.17, 15) is 0 Å². The molecule has 0 spiro atoms. The maximum atomic E-state index is 6.03. The molecule has 0 aliphatic rings. The minimum Gasteiger partial charge on any atom is -0.457 e. The molecule has 0 atom stereocenters. The minimum absolute atomic E-state index is 0.679. The molecule has 0 saturated heterocycles. The summed E-state index contributed by atoms with van der Waals surface area (Å²) in [6.45, 7) is 4.89. The Labute approximate surface area is 115 Å². The fourth-order valence-corrected chi connectivity index (χ4v) is 2.16. The topological polar surface area (TPSA) is 35.2 Å². The first-order chi connectivity index (χ1) is 9.24. The predicted octanol–water partition coefficient (Wildman–Crippen LogP) is 3.85. The molecule has 100 valence electrons. The van der Waals surface area contributed by atoms with E-state index >= 15 is 0 Å². The molecule has 0 fully saturated rings. The second kappa shape index (κ2) is 6.39. The summed E-state index contributed by atoms with van der Waals surface area (Å²) in [4.78, 5) is 0. The summed E-state index contributed by atoms with van der Waals surface area (Å²) >= 11 is 0. The van der Waals surface area contributed by atoms with Crippen LogP contribution < -0.4 is 10.5 Å². The molecule has 0 heterocycles. The molecule has 2 heteroatoms. The van der Waals surface area contributed by atoms with E-state index in [0.29, 0.717) is 6.54 Å². The van der Waals surface area contributed by atoms with Gasteiger partial charge in [0, 0.05) is 0 Å². The van der Waals surface area contributed by atoms with Gasteiger partial charge in [0.1, 0.15) is 11.5 Å². The van der Waals surface area contributed by atoms with Crippen LogP contribution in [-0.4, -0.2) is 6.54 Å². The van der Waals surface area contributed by atoms with Gasteiger partial charge in [0.25, 0.3) is 0 Å². The van der Waals surface area contributed by atoms with Gasteiger partial charge in [-0.3, -0.25) is 0 Å². The molecular weight excluding hydrogens is 234 g/mol. The zero-order chi connectivity index (χ0) is 13.7. The normalized spacial score (nSPS) is 10.5. The zero-order valence-corrected chi connectivity index (χ0v) is 11.6. The quantitative estimate of drug-likeness (QED) is 0.880. The second-order valence-electron chi connectivity index (χ2n) is 4.70. The van der Waals surface area contributed by atoms with Crippen LogP contribution >= 0.6 is 0 Å². The number of para-hydroxylation sites is 1. The number of hydrogen-bond donors (Lipinski definition) is 1. The maximum absolute atomic E-state index is 6.03. The average molecular weight is 255 g/mol. The summed E-state index contributed by atoms with van der Waals surface area (Å²) in [5.74, 6) is 1.86. The third kappa shape index (κ3) is 3.36. The van der Waals surface area contributed by atoms with Crippen LogP contribution in [0, 0.1) is 6.92 Å². The summed E-state index contributed by atoms with van der Waals surface area (Å²) < 4.78 is 6.03. The van der Waals surface area contributed by atoms with Gasteiger partial charge in [-0.15, -0.1) is 0 Å². The number of benzene rings is 2. The number of aryl methyl sites for hydroxylation is 2. The highest BCUT2D eigenvalue weighted by atomic mass is 16.5. The maximum Gasteiger partial charge on any atom is 0.130 e. The van der Waals surface area contributed by atoms with Gasteiger partial charge in [0.05, 0.1) is 0 Å². The molecule has 0 amide bonds. The molecule has 0 aliphatic carbocycles. The van der Waals surface area contributed by atoms with Crippen LogP contribution in [0.1, 0.15) is 23.6 Å². The fourth-order valence-electron chi connectivity index (χ4n) is 2.16. The van der Waals surface area contributed by atoms with Gasteiger partial charge in [0.15, 0.2) is 0 Å². The lowest BCUT2D eigenvalue weighted by Crippen LogP contribution is -2.03. The van der Waals surface area contributed by atoms with Crippen molar-refractivity contribution in [1.82, 2.24) is 0 Å². The van der Waals surface area contributed by atoms with Crippen LogP contribution in [-0.2, 0) is 12.8 Å². The van der Waals surface area contributed by atoms with Gasteiger partial charge in [-0.2, -0.15) is 0 Å². The summed E-state index contributed by atoms with van der Waals surface area (Å²) in [6.07, 6.45) is 1.88. The molecule has 2 nitrogen and oxygen atoms in total. The molecular formula is C17H21NO. The monoisotopic (exact) mass is 255 g/mol.